The van der Waals surface area contributed by atoms with E-state index in [9.17, 15) is 14.4 Å². The van der Waals surface area contributed by atoms with Gasteiger partial charge in [-0.1, -0.05) is 5.21 Å². The molecule has 1 aromatic rings. The zero-order valence-corrected chi connectivity index (χ0v) is 13.5. The highest BCUT2D eigenvalue weighted by atomic mass is 16.6. The Bertz CT molecular complexity index is 590. The fourth-order valence-electron chi connectivity index (χ4n) is 1.66. The van der Waals surface area contributed by atoms with E-state index in [-0.39, 0.29) is 30.4 Å². The lowest BCUT2D eigenvalue weighted by Gasteiger charge is -2.19. The van der Waals surface area contributed by atoms with Crippen molar-refractivity contribution in [3.8, 4) is 0 Å². The minimum atomic E-state index is -1.30. The van der Waals surface area contributed by atoms with E-state index in [4.69, 9.17) is 9.84 Å². The first-order valence-electron chi connectivity index (χ1n) is 7.03. The molecule has 0 fully saturated rings. The molecule has 0 bridgehead atoms. The highest BCUT2D eigenvalue weighted by Crippen LogP contribution is 2.09. The van der Waals surface area contributed by atoms with Crippen molar-refractivity contribution in [1.82, 2.24) is 25.6 Å². The number of hydrogen-bond acceptors (Lipinski definition) is 6. The topological polar surface area (TPSA) is 135 Å². The second-order valence-electron chi connectivity index (χ2n) is 5.66. The second-order valence-corrected chi connectivity index (χ2v) is 5.66. The lowest BCUT2D eigenvalue weighted by molar-refractivity contribution is -0.121. The largest absolute Gasteiger partial charge is 0.476 e. The molecule has 0 aliphatic rings. The van der Waals surface area contributed by atoms with E-state index >= 15 is 0 Å². The first-order chi connectivity index (χ1) is 10.6. The van der Waals surface area contributed by atoms with E-state index in [1.165, 1.54) is 0 Å². The van der Waals surface area contributed by atoms with Gasteiger partial charge >= 0.3 is 12.1 Å². The Hall–Kier alpha value is -2.65. The van der Waals surface area contributed by atoms with Crippen LogP contribution in [0.4, 0.5) is 4.79 Å². The molecule has 10 heteroatoms. The standard InChI is InChI=1S/C13H21N5O5/c1-5-14-9(19)7-18-8(10(11(20)21)16-17-18)6-15-12(22)23-13(2,3)4/h5-7H2,1-4H3,(H,14,19)(H,15,22)(H,20,21). The Morgan fingerprint density at radius 2 is 1.91 bits per heavy atom. The van der Waals surface area contributed by atoms with E-state index in [1.54, 1.807) is 27.7 Å². The summed E-state index contributed by atoms with van der Waals surface area (Å²) in [4.78, 5) is 34.4. The molecule has 128 valence electrons. The summed E-state index contributed by atoms with van der Waals surface area (Å²) in [7, 11) is 0. The van der Waals surface area contributed by atoms with Crippen molar-refractivity contribution < 1.29 is 24.2 Å². The molecule has 0 saturated carbocycles. The number of aromatic carboxylic acids is 1. The maximum absolute atomic E-state index is 11.7. The number of aromatic nitrogens is 3. The van der Waals surface area contributed by atoms with Crippen LogP contribution in [-0.4, -0.2) is 50.2 Å². The molecular formula is C13H21N5O5. The summed E-state index contributed by atoms with van der Waals surface area (Å²) < 4.78 is 6.20. The molecular weight excluding hydrogens is 306 g/mol. The van der Waals surface area contributed by atoms with E-state index < -0.39 is 17.7 Å². The quantitative estimate of drug-likeness (QED) is 0.676. The summed E-state index contributed by atoms with van der Waals surface area (Å²) in [5, 5.41) is 21.3. The van der Waals surface area contributed by atoms with Crippen LogP contribution in [0.3, 0.4) is 0 Å². The summed E-state index contributed by atoms with van der Waals surface area (Å²) in [5.74, 6) is -1.64. The van der Waals surface area contributed by atoms with Crippen LogP contribution >= 0.6 is 0 Å². The van der Waals surface area contributed by atoms with Crippen LogP contribution in [0.25, 0.3) is 0 Å². The van der Waals surface area contributed by atoms with Gasteiger partial charge in [-0.3, -0.25) is 4.79 Å². The van der Waals surface area contributed by atoms with Crippen molar-refractivity contribution in [2.45, 2.75) is 46.4 Å². The number of likely N-dealkylation sites (N-methyl/N-ethyl adjacent to an activating group) is 1. The SMILES string of the molecule is CCNC(=O)Cn1nnc(C(=O)O)c1CNC(=O)OC(C)(C)C. The Morgan fingerprint density at radius 1 is 1.26 bits per heavy atom. The number of ether oxygens (including phenoxy) is 1. The Balaban J connectivity index is 2.85. The molecule has 1 rings (SSSR count). The van der Waals surface area contributed by atoms with Crippen LogP contribution < -0.4 is 10.6 Å². The molecule has 3 N–H and O–H groups in total. The van der Waals surface area contributed by atoms with Crippen molar-refractivity contribution >= 4 is 18.0 Å². The molecule has 0 saturated heterocycles. The van der Waals surface area contributed by atoms with Crippen molar-refractivity contribution in [1.29, 1.82) is 0 Å². The van der Waals surface area contributed by atoms with Gasteiger partial charge in [0.25, 0.3) is 0 Å². The van der Waals surface area contributed by atoms with Crippen molar-refractivity contribution in [3.63, 3.8) is 0 Å². The van der Waals surface area contributed by atoms with Gasteiger partial charge in [0.2, 0.25) is 5.91 Å². The number of nitrogens with one attached hydrogen (secondary N) is 2. The molecule has 0 spiro atoms. The van der Waals surface area contributed by atoms with Crippen LogP contribution in [0.2, 0.25) is 0 Å². The number of hydrogen-bond donors (Lipinski definition) is 3. The zero-order valence-electron chi connectivity index (χ0n) is 13.5. The fraction of sp³-hybridized carbons (Fsp3) is 0.615. The number of carboxylic acid groups (broad SMARTS) is 1. The van der Waals surface area contributed by atoms with Crippen LogP contribution in [0, 0.1) is 0 Å². The highest BCUT2D eigenvalue weighted by Gasteiger charge is 2.22. The van der Waals surface area contributed by atoms with Gasteiger partial charge in [-0.15, -0.1) is 5.10 Å². The lowest BCUT2D eigenvalue weighted by Crippen LogP contribution is -2.34. The van der Waals surface area contributed by atoms with Crippen LogP contribution in [-0.2, 0) is 22.6 Å². The van der Waals surface area contributed by atoms with Crippen LogP contribution in [0.15, 0.2) is 0 Å². The van der Waals surface area contributed by atoms with Crippen molar-refractivity contribution in [2.24, 2.45) is 0 Å². The maximum Gasteiger partial charge on any atom is 0.407 e. The first kappa shape index (κ1) is 18.4. The zero-order chi connectivity index (χ0) is 17.6. The van der Waals surface area contributed by atoms with Gasteiger partial charge in [0.05, 0.1) is 12.2 Å². The predicted molar refractivity (Wildman–Crippen MR) is 78.7 cm³/mol. The van der Waals surface area contributed by atoms with E-state index in [0.717, 1.165) is 4.68 Å². The normalized spacial score (nSPS) is 11.0. The molecule has 10 nitrogen and oxygen atoms in total. The number of carboxylic acids is 1. The monoisotopic (exact) mass is 327 g/mol. The third-order valence-electron chi connectivity index (χ3n) is 2.51. The van der Waals surface area contributed by atoms with Crippen LogP contribution in [0.1, 0.15) is 43.9 Å². The van der Waals surface area contributed by atoms with E-state index in [1.807, 2.05) is 0 Å². The Morgan fingerprint density at radius 3 is 2.43 bits per heavy atom. The number of rotatable bonds is 6. The van der Waals surface area contributed by atoms with Gasteiger partial charge in [-0.25, -0.2) is 14.3 Å². The smallest absolute Gasteiger partial charge is 0.407 e. The summed E-state index contributed by atoms with van der Waals surface area (Å²) >= 11 is 0. The predicted octanol–water partition coefficient (Wildman–Crippen LogP) is 0.137. The Kier molecular flexibility index (Phi) is 6.05. The van der Waals surface area contributed by atoms with Gasteiger partial charge in [0, 0.05) is 6.54 Å². The van der Waals surface area contributed by atoms with E-state index in [0.29, 0.717) is 6.54 Å². The van der Waals surface area contributed by atoms with Crippen molar-refractivity contribution in [2.75, 3.05) is 6.54 Å². The number of amides is 2. The third kappa shape index (κ3) is 5.93. The molecule has 0 radical (unpaired) electrons. The molecule has 0 aliphatic carbocycles. The fourth-order valence-corrected chi connectivity index (χ4v) is 1.66. The number of carbonyl (C=O) groups excluding carboxylic acids is 2. The number of nitrogens with zero attached hydrogens (tertiary/aromatic N) is 3. The molecule has 0 atom stereocenters. The first-order valence-corrected chi connectivity index (χ1v) is 7.03. The van der Waals surface area contributed by atoms with Gasteiger partial charge in [-0.2, -0.15) is 0 Å². The average Bonchev–Trinajstić information content (AvgIpc) is 2.77. The third-order valence-corrected chi connectivity index (χ3v) is 2.51. The van der Waals surface area contributed by atoms with Gasteiger partial charge in [-0.05, 0) is 27.7 Å². The average molecular weight is 327 g/mol. The van der Waals surface area contributed by atoms with E-state index in [2.05, 4.69) is 20.9 Å². The van der Waals surface area contributed by atoms with Gasteiger partial charge in [0.1, 0.15) is 12.1 Å². The summed E-state index contributed by atoms with van der Waals surface area (Å²) in [6.45, 7) is 6.93. The van der Waals surface area contributed by atoms with Crippen LogP contribution in [0.5, 0.6) is 0 Å². The summed E-state index contributed by atoms with van der Waals surface area (Å²) in [5.41, 5.74) is -0.904. The Labute approximate surface area is 133 Å². The maximum atomic E-state index is 11.7. The molecule has 23 heavy (non-hydrogen) atoms. The second kappa shape index (κ2) is 7.56. The summed E-state index contributed by atoms with van der Waals surface area (Å²) in [6.07, 6.45) is -0.709. The molecule has 1 heterocycles. The molecule has 0 aliphatic heterocycles. The molecule has 2 amide bonds. The molecule has 1 aromatic heterocycles. The van der Waals surface area contributed by atoms with Crippen molar-refractivity contribution in [3.05, 3.63) is 11.4 Å². The minimum absolute atomic E-state index is 0.106. The van der Waals surface area contributed by atoms with Gasteiger partial charge < -0.3 is 20.5 Å². The highest BCUT2D eigenvalue weighted by molar-refractivity contribution is 5.86. The van der Waals surface area contributed by atoms with Gasteiger partial charge in [0.15, 0.2) is 5.69 Å². The number of alkyl carbamates (subject to hydrolysis) is 1. The number of carbonyl (C=O) groups is 3. The summed E-state index contributed by atoms with van der Waals surface area (Å²) in [6, 6.07) is 0. The molecule has 0 unspecified atom stereocenters. The molecule has 0 aromatic carbocycles. The lowest BCUT2D eigenvalue weighted by atomic mass is 10.2. The minimum Gasteiger partial charge on any atom is -0.476 e.